The lowest BCUT2D eigenvalue weighted by Gasteiger charge is -2.17. The Kier molecular flexibility index (Phi) is 6.36. The van der Waals surface area contributed by atoms with Crippen molar-refractivity contribution in [1.29, 1.82) is 0 Å². The third-order valence-electron chi connectivity index (χ3n) is 3.92. The van der Waals surface area contributed by atoms with E-state index in [0.717, 1.165) is 30.5 Å². The van der Waals surface area contributed by atoms with Crippen LogP contribution in [0.5, 0.6) is 0 Å². The highest BCUT2D eigenvalue weighted by Gasteiger charge is 2.12. The lowest BCUT2D eigenvalue weighted by molar-refractivity contribution is 0.0950. The number of fused-ring (bicyclic) bond motifs is 1. The molecule has 0 aliphatic carbocycles. The molecule has 6 heteroatoms. The first-order valence-corrected chi connectivity index (χ1v) is 8.67. The summed E-state index contributed by atoms with van der Waals surface area (Å²) in [4.78, 5) is 29.9. The normalized spacial score (nSPS) is 11.1. The Morgan fingerprint density at radius 1 is 1.30 bits per heavy atom. The second kappa shape index (κ2) is 8.26. The molecule has 2 aromatic rings. The fraction of sp³-hybridized carbons (Fsp3) is 0.412. The highest BCUT2D eigenvalue weighted by Crippen LogP contribution is 2.15. The highest BCUT2D eigenvalue weighted by molar-refractivity contribution is 9.10. The Morgan fingerprint density at radius 2 is 2.04 bits per heavy atom. The number of aromatic nitrogens is 1. The van der Waals surface area contributed by atoms with E-state index in [1.165, 1.54) is 6.20 Å². The van der Waals surface area contributed by atoms with Gasteiger partial charge in [-0.15, -0.1) is 0 Å². The van der Waals surface area contributed by atoms with Gasteiger partial charge in [0.2, 0.25) is 5.43 Å². The van der Waals surface area contributed by atoms with Crippen LogP contribution in [0.3, 0.4) is 0 Å². The molecule has 2 N–H and O–H groups in total. The first-order valence-electron chi connectivity index (χ1n) is 7.88. The van der Waals surface area contributed by atoms with Crippen LogP contribution in [-0.2, 0) is 0 Å². The Bertz CT molecular complexity index is 738. The molecule has 2 rings (SSSR count). The van der Waals surface area contributed by atoms with E-state index in [-0.39, 0.29) is 16.9 Å². The average Bonchev–Trinajstić information content (AvgIpc) is 2.55. The number of nitrogens with zero attached hydrogens (tertiary/aromatic N) is 1. The first kappa shape index (κ1) is 17.7. The zero-order valence-corrected chi connectivity index (χ0v) is 15.1. The lowest BCUT2D eigenvalue weighted by atomic mass is 10.1. The zero-order valence-electron chi connectivity index (χ0n) is 13.5. The average molecular weight is 380 g/mol. The largest absolute Gasteiger partial charge is 0.360 e. The van der Waals surface area contributed by atoms with Crippen molar-refractivity contribution in [3.05, 3.63) is 44.7 Å². The van der Waals surface area contributed by atoms with Gasteiger partial charge in [0.1, 0.15) is 5.56 Å². The molecule has 0 fully saturated rings. The van der Waals surface area contributed by atoms with Gasteiger partial charge in [0.15, 0.2) is 0 Å². The van der Waals surface area contributed by atoms with E-state index in [1.54, 1.807) is 12.1 Å². The number of amides is 1. The molecular weight excluding hydrogens is 358 g/mol. The van der Waals surface area contributed by atoms with Crippen molar-refractivity contribution in [2.75, 3.05) is 26.2 Å². The van der Waals surface area contributed by atoms with Crippen molar-refractivity contribution in [2.45, 2.75) is 20.3 Å². The summed E-state index contributed by atoms with van der Waals surface area (Å²) in [6.07, 6.45) is 2.35. The Labute approximate surface area is 144 Å². The van der Waals surface area contributed by atoms with Crippen LogP contribution in [0.25, 0.3) is 10.9 Å². The maximum Gasteiger partial charge on any atom is 0.256 e. The molecule has 0 aliphatic rings. The molecule has 0 aliphatic heterocycles. The maximum absolute atomic E-state index is 12.4. The highest BCUT2D eigenvalue weighted by atomic mass is 79.9. The van der Waals surface area contributed by atoms with Crippen LogP contribution >= 0.6 is 15.9 Å². The monoisotopic (exact) mass is 379 g/mol. The molecule has 0 radical (unpaired) electrons. The third-order valence-corrected chi connectivity index (χ3v) is 4.41. The quantitative estimate of drug-likeness (QED) is 0.726. The number of H-pyrrole nitrogens is 1. The Balaban J connectivity index is 2.03. The van der Waals surface area contributed by atoms with E-state index in [2.05, 4.69) is 45.0 Å². The minimum absolute atomic E-state index is 0.155. The van der Waals surface area contributed by atoms with E-state index >= 15 is 0 Å². The molecule has 1 aromatic carbocycles. The number of aromatic amines is 1. The van der Waals surface area contributed by atoms with Crippen LogP contribution in [0, 0.1) is 0 Å². The standard InChI is InChI=1S/C17H22BrN3O2/c1-3-21(4-2)9-5-8-19-17(23)14-11-20-15-10-12(18)6-7-13(15)16(14)22/h6-7,10-11H,3-5,8-9H2,1-2H3,(H,19,23)(H,20,22). The number of pyridine rings is 1. The predicted molar refractivity (Wildman–Crippen MR) is 97.0 cm³/mol. The number of hydrogen-bond acceptors (Lipinski definition) is 3. The number of benzene rings is 1. The van der Waals surface area contributed by atoms with Crippen LogP contribution in [0.1, 0.15) is 30.6 Å². The predicted octanol–water partition coefficient (Wildman–Crippen LogP) is 2.75. The van der Waals surface area contributed by atoms with Crippen LogP contribution in [0.15, 0.2) is 33.7 Å². The molecular formula is C17H22BrN3O2. The summed E-state index contributed by atoms with van der Waals surface area (Å²) in [5.41, 5.74) is 0.623. The van der Waals surface area contributed by atoms with Gasteiger partial charge < -0.3 is 15.2 Å². The fourth-order valence-electron chi connectivity index (χ4n) is 2.50. The van der Waals surface area contributed by atoms with E-state index in [0.29, 0.717) is 17.4 Å². The molecule has 124 valence electrons. The third kappa shape index (κ3) is 4.42. The Morgan fingerprint density at radius 3 is 2.74 bits per heavy atom. The second-order valence-corrected chi connectivity index (χ2v) is 6.27. The number of nitrogens with one attached hydrogen (secondary N) is 2. The van der Waals surface area contributed by atoms with Gasteiger partial charge in [-0.2, -0.15) is 0 Å². The van der Waals surface area contributed by atoms with Crippen molar-refractivity contribution in [3.8, 4) is 0 Å². The van der Waals surface area contributed by atoms with Crippen LogP contribution in [0.2, 0.25) is 0 Å². The zero-order chi connectivity index (χ0) is 16.8. The minimum Gasteiger partial charge on any atom is -0.360 e. The van der Waals surface area contributed by atoms with E-state index in [9.17, 15) is 9.59 Å². The van der Waals surface area contributed by atoms with Crippen LogP contribution in [0.4, 0.5) is 0 Å². The molecule has 23 heavy (non-hydrogen) atoms. The van der Waals surface area contributed by atoms with Crippen molar-refractivity contribution >= 4 is 32.7 Å². The summed E-state index contributed by atoms with van der Waals surface area (Å²) < 4.78 is 0.884. The molecule has 0 spiro atoms. The van der Waals surface area contributed by atoms with E-state index in [4.69, 9.17) is 0 Å². The fourth-order valence-corrected chi connectivity index (χ4v) is 2.86. The molecule has 1 aromatic heterocycles. The Hall–Kier alpha value is -1.66. The summed E-state index contributed by atoms with van der Waals surface area (Å²) >= 11 is 3.36. The van der Waals surface area contributed by atoms with Gasteiger partial charge in [-0.25, -0.2) is 0 Å². The van der Waals surface area contributed by atoms with Gasteiger partial charge in [0.05, 0.1) is 5.52 Å². The summed E-state index contributed by atoms with van der Waals surface area (Å²) in [6, 6.07) is 5.33. The molecule has 0 saturated carbocycles. The topological polar surface area (TPSA) is 65.2 Å². The van der Waals surface area contributed by atoms with Crippen LogP contribution < -0.4 is 10.7 Å². The number of halogens is 1. The van der Waals surface area contributed by atoms with E-state index < -0.39 is 0 Å². The number of carbonyl (C=O) groups is 1. The first-order chi connectivity index (χ1) is 11.1. The number of carbonyl (C=O) groups excluding carboxylic acids is 1. The SMILES string of the molecule is CCN(CC)CCCNC(=O)c1c[nH]c2cc(Br)ccc2c1=O. The molecule has 0 unspecified atom stereocenters. The van der Waals surface area contributed by atoms with E-state index in [1.807, 2.05) is 6.07 Å². The maximum atomic E-state index is 12.4. The number of hydrogen-bond donors (Lipinski definition) is 2. The molecule has 0 bridgehead atoms. The molecule has 1 amide bonds. The van der Waals surface area contributed by atoms with Gasteiger partial charge in [-0.05, 0) is 44.3 Å². The second-order valence-electron chi connectivity index (χ2n) is 5.36. The summed E-state index contributed by atoms with van der Waals surface area (Å²) in [6.45, 7) is 7.75. The van der Waals surface area contributed by atoms with Crippen molar-refractivity contribution in [2.24, 2.45) is 0 Å². The van der Waals surface area contributed by atoms with Crippen LogP contribution in [-0.4, -0.2) is 42.0 Å². The van der Waals surface area contributed by atoms with Gasteiger partial charge in [0, 0.05) is 22.6 Å². The lowest BCUT2D eigenvalue weighted by Crippen LogP contribution is -2.32. The summed E-state index contributed by atoms with van der Waals surface area (Å²) in [5, 5.41) is 3.34. The molecule has 1 heterocycles. The van der Waals surface area contributed by atoms with Crippen molar-refractivity contribution in [1.82, 2.24) is 15.2 Å². The summed E-state index contributed by atoms with van der Waals surface area (Å²) in [5.74, 6) is -0.324. The minimum atomic E-state index is -0.324. The van der Waals surface area contributed by atoms with Crippen molar-refractivity contribution < 1.29 is 4.79 Å². The van der Waals surface area contributed by atoms with Gasteiger partial charge in [-0.1, -0.05) is 29.8 Å². The van der Waals surface area contributed by atoms with Gasteiger partial charge in [0.25, 0.3) is 5.91 Å². The smallest absolute Gasteiger partial charge is 0.256 e. The molecule has 0 saturated heterocycles. The van der Waals surface area contributed by atoms with Crippen molar-refractivity contribution in [3.63, 3.8) is 0 Å². The van der Waals surface area contributed by atoms with Gasteiger partial charge >= 0.3 is 0 Å². The number of rotatable bonds is 7. The molecule has 5 nitrogen and oxygen atoms in total. The molecule has 0 atom stereocenters. The summed E-state index contributed by atoms with van der Waals surface area (Å²) in [7, 11) is 0. The van der Waals surface area contributed by atoms with Gasteiger partial charge in [-0.3, -0.25) is 9.59 Å².